The minimum atomic E-state index is -3.57. The lowest BCUT2D eigenvalue weighted by molar-refractivity contribution is -0.123. The fraction of sp³-hybridized carbons (Fsp3) is 0.364. The molecule has 1 aromatic rings. The van der Waals surface area contributed by atoms with E-state index in [1.54, 1.807) is 0 Å². The molecule has 0 atom stereocenters. The lowest BCUT2D eigenvalue weighted by atomic mass is 10.3. The van der Waals surface area contributed by atoms with Crippen LogP contribution in [0.1, 0.15) is 0 Å². The summed E-state index contributed by atoms with van der Waals surface area (Å²) in [5.74, 6) is 4.78. The molecule has 0 bridgehead atoms. The summed E-state index contributed by atoms with van der Waals surface area (Å²) in [5.41, 5.74) is 1.92. The maximum atomic E-state index is 11.8. The zero-order valence-electron chi connectivity index (χ0n) is 11.0. The zero-order valence-corrected chi connectivity index (χ0v) is 11.8. The van der Waals surface area contributed by atoms with Gasteiger partial charge in [0.2, 0.25) is 10.0 Å². The summed E-state index contributed by atoms with van der Waals surface area (Å²) in [4.78, 5) is 11.0. The first-order valence-corrected chi connectivity index (χ1v) is 7.19. The number of methoxy groups -OCH3 is 1. The molecular formula is C11H17N3O5S. The number of hydrazine groups is 1. The Hall–Kier alpha value is -1.68. The Kier molecular flexibility index (Phi) is 6.39. The highest BCUT2D eigenvalue weighted by molar-refractivity contribution is 7.89. The molecule has 9 heteroatoms. The molecule has 0 saturated carbocycles. The standard InChI is InChI=1S/C11H17N3O5S/c1-18-7-6-13-20(16,17)10-4-2-9(3-5-10)19-8-11(15)14-12/h2-5,13H,6-8,12H2,1H3,(H,14,15). The van der Waals surface area contributed by atoms with Crippen LogP contribution in [0.2, 0.25) is 0 Å². The van der Waals surface area contributed by atoms with Crippen molar-refractivity contribution < 1.29 is 22.7 Å². The van der Waals surface area contributed by atoms with Gasteiger partial charge in [-0.15, -0.1) is 0 Å². The molecule has 0 unspecified atom stereocenters. The highest BCUT2D eigenvalue weighted by atomic mass is 32.2. The summed E-state index contributed by atoms with van der Waals surface area (Å²) in [7, 11) is -2.09. The van der Waals surface area contributed by atoms with Crippen LogP contribution in [0.4, 0.5) is 0 Å². The number of rotatable bonds is 8. The highest BCUT2D eigenvalue weighted by Gasteiger charge is 2.13. The molecule has 8 nitrogen and oxygen atoms in total. The van der Waals surface area contributed by atoms with Crippen molar-refractivity contribution in [1.29, 1.82) is 0 Å². The SMILES string of the molecule is COCCNS(=O)(=O)c1ccc(OCC(=O)NN)cc1. The van der Waals surface area contributed by atoms with E-state index < -0.39 is 15.9 Å². The van der Waals surface area contributed by atoms with Gasteiger partial charge in [0, 0.05) is 13.7 Å². The maximum absolute atomic E-state index is 11.8. The summed E-state index contributed by atoms with van der Waals surface area (Å²) in [6.07, 6.45) is 0. The Bertz CT molecular complexity index is 529. The Balaban J connectivity index is 2.63. The zero-order chi connectivity index (χ0) is 15.0. The van der Waals surface area contributed by atoms with Crippen LogP contribution in [0, 0.1) is 0 Å². The van der Waals surface area contributed by atoms with E-state index in [0.717, 1.165) is 0 Å². The predicted octanol–water partition coefficient (Wildman–Crippen LogP) is -1.02. The topological polar surface area (TPSA) is 120 Å². The van der Waals surface area contributed by atoms with Gasteiger partial charge in [0.25, 0.3) is 5.91 Å². The number of ether oxygens (including phenoxy) is 2. The molecule has 1 amide bonds. The maximum Gasteiger partial charge on any atom is 0.271 e. The van der Waals surface area contributed by atoms with Crippen LogP contribution in [-0.4, -0.2) is 41.2 Å². The molecule has 112 valence electrons. The van der Waals surface area contributed by atoms with Gasteiger partial charge in [-0.25, -0.2) is 19.0 Å². The van der Waals surface area contributed by atoms with Gasteiger partial charge >= 0.3 is 0 Å². The van der Waals surface area contributed by atoms with E-state index in [9.17, 15) is 13.2 Å². The van der Waals surface area contributed by atoms with Gasteiger partial charge in [0.05, 0.1) is 11.5 Å². The van der Waals surface area contributed by atoms with E-state index in [-0.39, 0.29) is 24.7 Å². The molecule has 20 heavy (non-hydrogen) atoms. The molecule has 0 saturated heterocycles. The number of sulfonamides is 1. The molecule has 0 fully saturated rings. The normalized spacial score (nSPS) is 11.1. The lowest BCUT2D eigenvalue weighted by Gasteiger charge is -2.08. The van der Waals surface area contributed by atoms with E-state index in [0.29, 0.717) is 5.75 Å². The Labute approximate surface area is 117 Å². The molecule has 1 aromatic carbocycles. The monoisotopic (exact) mass is 303 g/mol. The number of benzene rings is 1. The van der Waals surface area contributed by atoms with Crippen molar-refractivity contribution in [3.63, 3.8) is 0 Å². The minimum absolute atomic E-state index is 0.101. The van der Waals surface area contributed by atoms with Crippen molar-refractivity contribution >= 4 is 15.9 Å². The van der Waals surface area contributed by atoms with E-state index >= 15 is 0 Å². The molecule has 1 rings (SSSR count). The van der Waals surface area contributed by atoms with Crippen LogP contribution in [-0.2, 0) is 19.6 Å². The number of nitrogens with one attached hydrogen (secondary N) is 2. The van der Waals surface area contributed by atoms with Crippen LogP contribution in [0.15, 0.2) is 29.2 Å². The first-order valence-electron chi connectivity index (χ1n) is 5.70. The van der Waals surface area contributed by atoms with Gasteiger partial charge in [-0.05, 0) is 24.3 Å². The van der Waals surface area contributed by atoms with Crippen molar-refractivity contribution in [2.45, 2.75) is 4.90 Å². The van der Waals surface area contributed by atoms with E-state index in [2.05, 4.69) is 4.72 Å². The molecular weight excluding hydrogens is 286 g/mol. The molecule has 0 heterocycles. The molecule has 0 radical (unpaired) electrons. The van der Waals surface area contributed by atoms with E-state index in [1.807, 2.05) is 5.43 Å². The molecule has 4 N–H and O–H groups in total. The third-order valence-corrected chi connectivity index (χ3v) is 3.74. The fourth-order valence-electron chi connectivity index (χ4n) is 1.27. The second-order valence-electron chi connectivity index (χ2n) is 3.72. The Morgan fingerprint density at radius 2 is 1.95 bits per heavy atom. The third kappa shape index (κ3) is 5.13. The number of carbonyl (C=O) groups excluding carboxylic acids is 1. The lowest BCUT2D eigenvalue weighted by Crippen LogP contribution is -2.34. The van der Waals surface area contributed by atoms with Gasteiger partial charge in [-0.3, -0.25) is 10.2 Å². The molecule has 0 aliphatic carbocycles. The molecule has 0 aliphatic heterocycles. The number of carbonyl (C=O) groups is 1. The van der Waals surface area contributed by atoms with Gasteiger partial charge < -0.3 is 9.47 Å². The molecule has 0 aliphatic rings. The van der Waals surface area contributed by atoms with Crippen molar-refractivity contribution in [2.24, 2.45) is 5.84 Å². The smallest absolute Gasteiger partial charge is 0.271 e. The average Bonchev–Trinajstić information content (AvgIpc) is 2.45. The second kappa shape index (κ2) is 7.80. The Morgan fingerprint density at radius 1 is 1.30 bits per heavy atom. The van der Waals surface area contributed by atoms with E-state index in [1.165, 1.54) is 31.4 Å². The van der Waals surface area contributed by atoms with Crippen molar-refractivity contribution in [1.82, 2.24) is 10.1 Å². The first-order chi connectivity index (χ1) is 9.49. The van der Waals surface area contributed by atoms with Gasteiger partial charge in [-0.1, -0.05) is 0 Å². The van der Waals surface area contributed by atoms with Crippen LogP contribution < -0.4 is 20.7 Å². The second-order valence-corrected chi connectivity index (χ2v) is 5.49. The molecule has 0 aromatic heterocycles. The average molecular weight is 303 g/mol. The van der Waals surface area contributed by atoms with Crippen LogP contribution >= 0.6 is 0 Å². The van der Waals surface area contributed by atoms with Crippen molar-refractivity contribution in [3.05, 3.63) is 24.3 Å². The summed E-state index contributed by atoms with van der Waals surface area (Å²) in [6, 6.07) is 5.67. The Morgan fingerprint density at radius 3 is 2.50 bits per heavy atom. The highest BCUT2D eigenvalue weighted by Crippen LogP contribution is 2.15. The summed E-state index contributed by atoms with van der Waals surface area (Å²) in [5, 5.41) is 0. The first kappa shape index (κ1) is 16.4. The number of hydrogen-bond donors (Lipinski definition) is 3. The van der Waals surface area contributed by atoms with Gasteiger partial charge in [-0.2, -0.15) is 0 Å². The third-order valence-electron chi connectivity index (χ3n) is 2.26. The van der Waals surface area contributed by atoms with Gasteiger partial charge in [0.1, 0.15) is 5.75 Å². The van der Waals surface area contributed by atoms with Crippen molar-refractivity contribution in [3.8, 4) is 5.75 Å². The predicted molar refractivity (Wildman–Crippen MR) is 71.3 cm³/mol. The van der Waals surface area contributed by atoms with Crippen LogP contribution in [0.25, 0.3) is 0 Å². The van der Waals surface area contributed by atoms with Gasteiger partial charge in [0.15, 0.2) is 6.61 Å². The van der Waals surface area contributed by atoms with Crippen LogP contribution in [0.5, 0.6) is 5.75 Å². The number of hydrogen-bond acceptors (Lipinski definition) is 6. The van der Waals surface area contributed by atoms with Crippen molar-refractivity contribution in [2.75, 3.05) is 26.9 Å². The number of amides is 1. The largest absolute Gasteiger partial charge is 0.484 e. The quantitative estimate of drug-likeness (QED) is 0.245. The summed E-state index contributed by atoms with van der Waals surface area (Å²) < 4.78 is 35.9. The van der Waals surface area contributed by atoms with Crippen LogP contribution in [0.3, 0.4) is 0 Å². The molecule has 0 spiro atoms. The fourth-order valence-corrected chi connectivity index (χ4v) is 2.28. The minimum Gasteiger partial charge on any atom is -0.484 e. The summed E-state index contributed by atoms with van der Waals surface area (Å²) >= 11 is 0. The number of nitrogens with two attached hydrogens (primary N) is 1. The van der Waals surface area contributed by atoms with E-state index in [4.69, 9.17) is 15.3 Å². The summed E-state index contributed by atoms with van der Waals surface area (Å²) in [6.45, 7) is 0.233.